The molecule has 5 heteroatoms. The van der Waals surface area contributed by atoms with E-state index in [1.807, 2.05) is 0 Å². The lowest BCUT2D eigenvalue weighted by molar-refractivity contribution is -0.0534. The molecule has 0 aliphatic carbocycles. The van der Waals surface area contributed by atoms with Gasteiger partial charge in [0.1, 0.15) is 0 Å². The van der Waals surface area contributed by atoms with Crippen molar-refractivity contribution in [1.29, 1.82) is 0 Å². The molecule has 0 saturated carbocycles. The Kier molecular flexibility index (Phi) is 2.68. The zero-order chi connectivity index (χ0) is 8.97. The smallest absolute Gasteiger partial charge is 0.388 e. The van der Waals surface area contributed by atoms with Gasteiger partial charge in [0.2, 0.25) is 5.88 Å². The molecule has 0 amide bonds. The first-order valence-electron chi connectivity index (χ1n) is 3.13. The first-order chi connectivity index (χ1) is 5.72. The van der Waals surface area contributed by atoms with Gasteiger partial charge in [0.05, 0.1) is 5.69 Å². The average Bonchev–Trinajstić information content (AvgIpc) is 2.05. The van der Waals surface area contributed by atoms with E-state index in [2.05, 4.69) is 21.5 Å². The molecular weight excluding hydrogens is 166 g/mol. The molecule has 0 aliphatic rings. The van der Waals surface area contributed by atoms with Crippen LogP contribution in [0.3, 0.4) is 0 Å². The van der Waals surface area contributed by atoms with E-state index in [1.54, 1.807) is 0 Å². The Balaban J connectivity index is 2.71. The molecule has 1 aromatic rings. The fraction of sp³-hybridized carbons (Fsp3) is 0.143. The third-order valence-corrected chi connectivity index (χ3v) is 1.08. The van der Waals surface area contributed by atoms with Crippen molar-refractivity contribution >= 4 is 6.08 Å². The van der Waals surface area contributed by atoms with E-state index >= 15 is 0 Å². The summed E-state index contributed by atoms with van der Waals surface area (Å²) in [6, 6.07) is 2.79. The molecule has 0 aromatic carbocycles. The summed E-state index contributed by atoms with van der Waals surface area (Å²) in [5.41, 5.74) is 0.511. The van der Waals surface area contributed by atoms with Gasteiger partial charge in [-0.05, 0) is 12.1 Å². The van der Waals surface area contributed by atoms with E-state index in [4.69, 9.17) is 0 Å². The maximum atomic E-state index is 11.6. The van der Waals surface area contributed by atoms with Crippen molar-refractivity contribution in [2.24, 2.45) is 0 Å². The monoisotopic (exact) mass is 172 g/mol. The van der Waals surface area contributed by atoms with Crippen LogP contribution >= 0.6 is 0 Å². The maximum Gasteiger partial charge on any atom is 0.388 e. The summed E-state index contributed by atoms with van der Waals surface area (Å²) in [6.07, 6.45) is 1.46. The molecule has 12 heavy (non-hydrogen) atoms. The Morgan fingerprint density at radius 2 is 2.17 bits per heavy atom. The van der Waals surface area contributed by atoms with Crippen molar-refractivity contribution in [3.63, 3.8) is 0 Å². The number of hydrogen-bond donors (Lipinski definition) is 0. The highest BCUT2D eigenvalue weighted by atomic mass is 19.3. The predicted octanol–water partition coefficient (Wildman–Crippen LogP) is 1.72. The second kappa shape index (κ2) is 3.75. The van der Waals surface area contributed by atoms with Gasteiger partial charge in [0, 0.05) is 6.07 Å². The second-order valence-corrected chi connectivity index (χ2v) is 1.88. The van der Waals surface area contributed by atoms with Crippen LogP contribution in [0, 0.1) is 0 Å². The molecule has 1 heterocycles. The maximum absolute atomic E-state index is 11.6. The SMILES string of the molecule is C=Cc1ccc(OC(F)F)nn1. The first-order valence-corrected chi connectivity index (χ1v) is 3.13. The van der Waals surface area contributed by atoms with Gasteiger partial charge in [-0.1, -0.05) is 6.58 Å². The largest absolute Gasteiger partial charge is 0.415 e. The molecule has 0 atom stereocenters. The number of aromatic nitrogens is 2. The molecule has 1 aromatic heterocycles. The van der Waals surface area contributed by atoms with Crippen LogP contribution in [0.2, 0.25) is 0 Å². The van der Waals surface area contributed by atoms with Crippen LogP contribution in [0.4, 0.5) is 8.78 Å². The quantitative estimate of drug-likeness (QED) is 0.696. The van der Waals surface area contributed by atoms with Crippen LogP contribution in [0.5, 0.6) is 5.88 Å². The molecule has 3 nitrogen and oxygen atoms in total. The summed E-state index contributed by atoms with van der Waals surface area (Å²) >= 11 is 0. The molecular formula is C7H6F2N2O. The third kappa shape index (κ3) is 2.26. The molecule has 0 aliphatic heterocycles. The van der Waals surface area contributed by atoms with Crippen LogP contribution in [0.25, 0.3) is 6.08 Å². The molecule has 1 rings (SSSR count). The fourth-order valence-electron chi connectivity index (χ4n) is 0.593. The van der Waals surface area contributed by atoms with E-state index in [-0.39, 0.29) is 5.88 Å². The van der Waals surface area contributed by atoms with Gasteiger partial charge < -0.3 is 4.74 Å². The Hall–Kier alpha value is -1.52. The van der Waals surface area contributed by atoms with Gasteiger partial charge in [0.25, 0.3) is 0 Å². The third-order valence-electron chi connectivity index (χ3n) is 1.08. The van der Waals surface area contributed by atoms with Crippen molar-refractivity contribution < 1.29 is 13.5 Å². The summed E-state index contributed by atoms with van der Waals surface area (Å²) in [5.74, 6) is -0.199. The molecule has 64 valence electrons. The van der Waals surface area contributed by atoms with Crippen molar-refractivity contribution in [2.45, 2.75) is 6.61 Å². The highest BCUT2D eigenvalue weighted by Gasteiger charge is 2.04. The molecule has 0 N–H and O–H groups in total. The van der Waals surface area contributed by atoms with Crippen molar-refractivity contribution in [1.82, 2.24) is 10.2 Å². The molecule has 0 saturated heterocycles. The van der Waals surface area contributed by atoms with E-state index in [9.17, 15) is 8.78 Å². The minimum Gasteiger partial charge on any atom is -0.415 e. The van der Waals surface area contributed by atoms with E-state index in [0.29, 0.717) is 5.69 Å². The molecule has 0 radical (unpaired) electrons. The first kappa shape index (κ1) is 8.58. The number of rotatable bonds is 3. The van der Waals surface area contributed by atoms with Gasteiger partial charge in [-0.15, -0.1) is 10.2 Å². The van der Waals surface area contributed by atoms with Gasteiger partial charge in [-0.25, -0.2) is 0 Å². The Morgan fingerprint density at radius 1 is 1.42 bits per heavy atom. The van der Waals surface area contributed by atoms with Crippen LogP contribution in [0.1, 0.15) is 5.69 Å². The Bertz CT molecular complexity index is 261. The zero-order valence-corrected chi connectivity index (χ0v) is 6.08. The number of nitrogens with zero attached hydrogens (tertiary/aromatic N) is 2. The van der Waals surface area contributed by atoms with Crippen LogP contribution in [-0.2, 0) is 0 Å². The number of halogens is 2. The summed E-state index contributed by atoms with van der Waals surface area (Å²) in [5, 5.41) is 6.89. The fourth-order valence-corrected chi connectivity index (χ4v) is 0.593. The number of ether oxygens (including phenoxy) is 1. The average molecular weight is 172 g/mol. The molecule has 0 spiro atoms. The van der Waals surface area contributed by atoms with E-state index < -0.39 is 6.61 Å². The summed E-state index contributed by atoms with van der Waals surface area (Å²) < 4.78 is 27.2. The normalized spacial score (nSPS) is 9.92. The van der Waals surface area contributed by atoms with Crippen molar-refractivity contribution in [3.8, 4) is 5.88 Å². The molecule has 0 unspecified atom stereocenters. The van der Waals surface area contributed by atoms with Crippen LogP contribution < -0.4 is 4.74 Å². The lowest BCUT2D eigenvalue weighted by Crippen LogP contribution is -2.04. The second-order valence-electron chi connectivity index (χ2n) is 1.88. The van der Waals surface area contributed by atoms with Crippen LogP contribution in [-0.4, -0.2) is 16.8 Å². The van der Waals surface area contributed by atoms with Gasteiger partial charge >= 0.3 is 6.61 Å². The minimum atomic E-state index is -2.87. The molecule has 0 bridgehead atoms. The topological polar surface area (TPSA) is 35.0 Å². The lowest BCUT2D eigenvalue weighted by Gasteiger charge is -2.00. The lowest BCUT2D eigenvalue weighted by atomic mass is 10.4. The van der Waals surface area contributed by atoms with E-state index in [0.717, 1.165) is 0 Å². The van der Waals surface area contributed by atoms with Gasteiger partial charge in [0.15, 0.2) is 0 Å². The summed E-state index contributed by atoms with van der Waals surface area (Å²) in [7, 11) is 0. The molecule has 0 fully saturated rings. The van der Waals surface area contributed by atoms with Crippen molar-refractivity contribution in [2.75, 3.05) is 0 Å². The van der Waals surface area contributed by atoms with Gasteiger partial charge in [-0.3, -0.25) is 0 Å². The zero-order valence-electron chi connectivity index (χ0n) is 6.08. The Labute approximate surface area is 67.7 Å². The standard InChI is InChI=1S/C7H6F2N2O/c1-2-5-3-4-6(11-10-5)12-7(8)9/h2-4,7H,1H2. The van der Waals surface area contributed by atoms with Gasteiger partial charge in [-0.2, -0.15) is 8.78 Å². The summed E-state index contributed by atoms with van der Waals surface area (Å²) in [4.78, 5) is 0. The highest BCUT2D eigenvalue weighted by molar-refractivity contribution is 5.40. The minimum absolute atomic E-state index is 0.199. The van der Waals surface area contributed by atoms with E-state index in [1.165, 1.54) is 18.2 Å². The number of hydrogen-bond acceptors (Lipinski definition) is 3. The Morgan fingerprint density at radius 3 is 2.58 bits per heavy atom. The van der Waals surface area contributed by atoms with Crippen LogP contribution in [0.15, 0.2) is 18.7 Å². The summed E-state index contributed by atoms with van der Waals surface area (Å²) in [6.45, 7) is 0.563. The van der Waals surface area contributed by atoms with Crippen molar-refractivity contribution in [3.05, 3.63) is 24.4 Å². The number of alkyl halides is 2. The predicted molar refractivity (Wildman–Crippen MR) is 38.8 cm³/mol. The highest BCUT2D eigenvalue weighted by Crippen LogP contribution is 2.08.